The second kappa shape index (κ2) is 6.58. The molecule has 0 radical (unpaired) electrons. The molecule has 0 spiro atoms. The molecule has 1 N–H and O–H groups in total. The first-order chi connectivity index (χ1) is 10.2. The Morgan fingerprint density at radius 3 is 2.52 bits per heavy atom. The number of rotatable bonds is 3. The van der Waals surface area contributed by atoms with Gasteiger partial charge >= 0.3 is 0 Å². The molecule has 0 aromatic heterocycles. The second-order valence-corrected chi connectivity index (χ2v) is 6.23. The van der Waals surface area contributed by atoms with Gasteiger partial charge in [-0.2, -0.15) is 0 Å². The standard InChI is InChI=1S/C17H25N3O/c1-14-2-4-15(5-3-14)12-17(21)20-10-8-19(9-11-20)16-6-7-18-13-16/h2-5,16,18H,6-13H2,1H3. The van der Waals surface area contributed by atoms with E-state index in [2.05, 4.69) is 41.4 Å². The summed E-state index contributed by atoms with van der Waals surface area (Å²) in [5, 5.41) is 3.42. The zero-order chi connectivity index (χ0) is 14.7. The molecule has 2 fully saturated rings. The Morgan fingerprint density at radius 2 is 1.90 bits per heavy atom. The van der Waals surface area contributed by atoms with Gasteiger partial charge in [0.25, 0.3) is 0 Å². The van der Waals surface area contributed by atoms with Crippen LogP contribution < -0.4 is 5.32 Å². The minimum atomic E-state index is 0.267. The van der Waals surface area contributed by atoms with Gasteiger partial charge in [-0.25, -0.2) is 0 Å². The van der Waals surface area contributed by atoms with Gasteiger partial charge in [-0.05, 0) is 25.5 Å². The molecule has 2 heterocycles. The predicted octanol–water partition coefficient (Wildman–Crippen LogP) is 1.04. The third-order valence-corrected chi connectivity index (χ3v) is 4.69. The van der Waals surface area contributed by atoms with Gasteiger partial charge in [0, 0.05) is 38.8 Å². The molecule has 4 nitrogen and oxygen atoms in total. The maximum absolute atomic E-state index is 12.4. The van der Waals surface area contributed by atoms with Gasteiger partial charge in [0.15, 0.2) is 0 Å². The van der Waals surface area contributed by atoms with Gasteiger partial charge in [0.2, 0.25) is 5.91 Å². The van der Waals surface area contributed by atoms with E-state index < -0.39 is 0 Å². The van der Waals surface area contributed by atoms with Crippen LogP contribution in [-0.4, -0.2) is 61.0 Å². The van der Waals surface area contributed by atoms with Crippen molar-refractivity contribution in [3.63, 3.8) is 0 Å². The van der Waals surface area contributed by atoms with Crippen molar-refractivity contribution in [3.8, 4) is 0 Å². The normalized spacial score (nSPS) is 23.5. The minimum Gasteiger partial charge on any atom is -0.340 e. The molecule has 0 saturated carbocycles. The third-order valence-electron chi connectivity index (χ3n) is 4.69. The van der Waals surface area contributed by atoms with Crippen LogP contribution in [0.25, 0.3) is 0 Å². The minimum absolute atomic E-state index is 0.267. The maximum Gasteiger partial charge on any atom is 0.227 e. The molecule has 2 aliphatic rings. The molecule has 21 heavy (non-hydrogen) atoms. The molecule has 1 unspecified atom stereocenters. The number of hydrogen-bond acceptors (Lipinski definition) is 3. The number of carbonyl (C=O) groups is 1. The lowest BCUT2D eigenvalue weighted by Gasteiger charge is -2.37. The first-order valence-electron chi connectivity index (χ1n) is 8.00. The number of nitrogens with one attached hydrogen (secondary N) is 1. The van der Waals surface area contributed by atoms with Gasteiger partial charge < -0.3 is 10.2 Å². The number of piperazine rings is 1. The van der Waals surface area contributed by atoms with E-state index in [1.54, 1.807) is 0 Å². The quantitative estimate of drug-likeness (QED) is 0.902. The first-order valence-corrected chi connectivity index (χ1v) is 8.00. The fourth-order valence-electron chi connectivity index (χ4n) is 3.28. The van der Waals surface area contributed by atoms with E-state index in [1.807, 2.05) is 4.90 Å². The fraction of sp³-hybridized carbons (Fsp3) is 0.588. The van der Waals surface area contributed by atoms with Crippen LogP contribution in [0.4, 0.5) is 0 Å². The summed E-state index contributed by atoms with van der Waals surface area (Å²) in [7, 11) is 0. The fourth-order valence-corrected chi connectivity index (χ4v) is 3.28. The van der Waals surface area contributed by atoms with Crippen LogP contribution in [0.15, 0.2) is 24.3 Å². The van der Waals surface area contributed by atoms with Crippen molar-refractivity contribution in [1.29, 1.82) is 0 Å². The van der Waals surface area contributed by atoms with Crippen molar-refractivity contribution in [2.24, 2.45) is 0 Å². The van der Waals surface area contributed by atoms with Crippen LogP contribution in [-0.2, 0) is 11.2 Å². The molecule has 0 aliphatic carbocycles. The van der Waals surface area contributed by atoms with Crippen molar-refractivity contribution in [1.82, 2.24) is 15.1 Å². The summed E-state index contributed by atoms with van der Waals surface area (Å²) >= 11 is 0. The van der Waals surface area contributed by atoms with Crippen molar-refractivity contribution in [2.45, 2.75) is 25.8 Å². The third kappa shape index (κ3) is 3.63. The van der Waals surface area contributed by atoms with Crippen molar-refractivity contribution in [2.75, 3.05) is 39.3 Å². The van der Waals surface area contributed by atoms with E-state index in [0.717, 1.165) is 44.8 Å². The average molecular weight is 287 g/mol. The van der Waals surface area contributed by atoms with Crippen LogP contribution in [0.5, 0.6) is 0 Å². The molecule has 2 saturated heterocycles. The predicted molar refractivity (Wildman–Crippen MR) is 84.3 cm³/mol. The van der Waals surface area contributed by atoms with Crippen molar-refractivity contribution in [3.05, 3.63) is 35.4 Å². The molecule has 0 bridgehead atoms. The van der Waals surface area contributed by atoms with E-state index in [0.29, 0.717) is 12.5 Å². The Kier molecular flexibility index (Phi) is 4.56. The highest BCUT2D eigenvalue weighted by Gasteiger charge is 2.27. The molecule has 1 aromatic rings. The van der Waals surface area contributed by atoms with E-state index in [1.165, 1.54) is 12.0 Å². The molecule has 114 valence electrons. The van der Waals surface area contributed by atoms with Crippen LogP contribution in [0.3, 0.4) is 0 Å². The summed E-state index contributed by atoms with van der Waals surface area (Å²) in [6.45, 7) is 8.11. The molecule has 3 rings (SSSR count). The smallest absolute Gasteiger partial charge is 0.227 e. The monoisotopic (exact) mass is 287 g/mol. The topological polar surface area (TPSA) is 35.6 Å². The molecule has 1 aromatic carbocycles. The summed E-state index contributed by atoms with van der Waals surface area (Å²) in [6.07, 6.45) is 1.78. The summed E-state index contributed by atoms with van der Waals surface area (Å²) in [4.78, 5) is 16.9. The van der Waals surface area contributed by atoms with Gasteiger partial charge in [0.1, 0.15) is 0 Å². The number of nitrogens with zero attached hydrogens (tertiary/aromatic N) is 2. The molecular weight excluding hydrogens is 262 g/mol. The lowest BCUT2D eigenvalue weighted by atomic mass is 10.1. The van der Waals surface area contributed by atoms with Crippen LogP contribution in [0.2, 0.25) is 0 Å². The molecule has 4 heteroatoms. The Bertz CT molecular complexity index is 471. The van der Waals surface area contributed by atoms with Gasteiger partial charge in [-0.1, -0.05) is 29.8 Å². The Morgan fingerprint density at radius 1 is 1.19 bits per heavy atom. The molecular formula is C17H25N3O. The Balaban J connectivity index is 1.49. The van der Waals surface area contributed by atoms with Gasteiger partial charge in [-0.15, -0.1) is 0 Å². The number of carbonyl (C=O) groups excluding carboxylic acids is 1. The van der Waals surface area contributed by atoms with E-state index in [4.69, 9.17) is 0 Å². The van der Waals surface area contributed by atoms with Crippen LogP contribution in [0, 0.1) is 6.92 Å². The Hall–Kier alpha value is -1.39. The van der Waals surface area contributed by atoms with Gasteiger partial charge in [-0.3, -0.25) is 9.69 Å². The second-order valence-electron chi connectivity index (χ2n) is 6.23. The molecule has 1 atom stereocenters. The maximum atomic E-state index is 12.4. The van der Waals surface area contributed by atoms with Crippen LogP contribution >= 0.6 is 0 Å². The van der Waals surface area contributed by atoms with E-state index >= 15 is 0 Å². The van der Waals surface area contributed by atoms with Crippen molar-refractivity contribution >= 4 is 5.91 Å². The molecule has 1 amide bonds. The largest absolute Gasteiger partial charge is 0.340 e. The summed E-state index contributed by atoms with van der Waals surface area (Å²) < 4.78 is 0. The lowest BCUT2D eigenvalue weighted by Crippen LogP contribution is -2.52. The van der Waals surface area contributed by atoms with Gasteiger partial charge in [0.05, 0.1) is 6.42 Å². The van der Waals surface area contributed by atoms with Crippen molar-refractivity contribution < 1.29 is 4.79 Å². The van der Waals surface area contributed by atoms with E-state index in [9.17, 15) is 4.79 Å². The zero-order valence-electron chi connectivity index (χ0n) is 12.8. The summed E-state index contributed by atoms with van der Waals surface area (Å²) in [6, 6.07) is 8.96. The van der Waals surface area contributed by atoms with E-state index in [-0.39, 0.29) is 5.91 Å². The highest BCUT2D eigenvalue weighted by atomic mass is 16.2. The highest BCUT2D eigenvalue weighted by molar-refractivity contribution is 5.78. The number of hydrogen-bond donors (Lipinski definition) is 1. The first kappa shape index (κ1) is 14.5. The number of amides is 1. The average Bonchev–Trinajstić information content (AvgIpc) is 3.04. The Labute approximate surface area is 127 Å². The lowest BCUT2D eigenvalue weighted by molar-refractivity contribution is -0.132. The zero-order valence-corrected chi connectivity index (χ0v) is 12.8. The summed E-state index contributed by atoms with van der Waals surface area (Å²) in [5.41, 5.74) is 2.36. The molecule has 2 aliphatic heterocycles. The highest BCUT2D eigenvalue weighted by Crippen LogP contribution is 2.13. The number of aryl methyl sites for hydroxylation is 1. The SMILES string of the molecule is Cc1ccc(CC(=O)N2CCN(C3CCNC3)CC2)cc1. The number of benzene rings is 1. The summed E-state index contributed by atoms with van der Waals surface area (Å²) in [5.74, 6) is 0.267. The van der Waals surface area contributed by atoms with Crippen LogP contribution in [0.1, 0.15) is 17.5 Å².